The van der Waals surface area contributed by atoms with Crippen LogP contribution in [-0.4, -0.2) is 16.3 Å². The molecule has 0 bridgehead atoms. The first-order chi connectivity index (χ1) is 5.06. The molecule has 0 radical (unpaired) electrons. The zero-order valence-electron chi connectivity index (χ0n) is 8.15. The number of nitrogens with two attached hydrogens (primary N) is 1. The van der Waals surface area contributed by atoms with E-state index < -0.39 is 0 Å². The average Bonchev–Trinajstić information content (AvgIpc) is 2.36. The lowest BCUT2D eigenvalue weighted by Crippen LogP contribution is -2.27. The van der Waals surface area contributed by atoms with Crippen LogP contribution in [0, 0.1) is 0 Å². The SMILES string of the molecule is Cl.Cl.Cn1cc(C(C)(C)CN)cn1. The maximum absolute atomic E-state index is 5.61. The van der Waals surface area contributed by atoms with Gasteiger partial charge in [-0.3, -0.25) is 4.68 Å². The molecule has 1 aromatic rings. The number of rotatable bonds is 2. The zero-order chi connectivity index (χ0) is 8.48. The lowest BCUT2D eigenvalue weighted by atomic mass is 9.87. The minimum Gasteiger partial charge on any atom is -0.330 e. The van der Waals surface area contributed by atoms with Gasteiger partial charge in [-0.2, -0.15) is 5.10 Å². The van der Waals surface area contributed by atoms with Gasteiger partial charge in [0.05, 0.1) is 6.20 Å². The highest BCUT2D eigenvalue weighted by Crippen LogP contribution is 2.19. The molecule has 0 aliphatic heterocycles. The summed E-state index contributed by atoms with van der Waals surface area (Å²) in [6.45, 7) is 4.88. The topological polar surface area (TPSA) is 43.8 Å². The van der Waals surface area contributed by atoms with Gasteiger partial charge in [0.1, 0.15) is 0 Å². The van der Waals surface area contributed by atoms with Crippen LogP contribution in [-0.2, 0) is 12.5 Å². The summed E-state index contributed by atoms with van der Waals surface area (Å²) in [4.78, 5) is 0. The number of aryl methyl sites for hydroxylation is 1. The molecule has 0 unspecified atom stereocenters. The Morgan fingerprint density at radius 3 is 2.31 bits per heavy atom. The fraction of sp³-hybridized carbons (Fsp3) is 0.625. The van der Waals surface area contributed by atoms with Gasteiger partial charge in [0.25, 0.3) is 0 Å². The van der Waals surface area contributed by atoms with Crippen LogP contribution >= 0.6 is 24.8 Å². The van der Waals surface area contributed by atoms with Crippen LogP contribution in [0.2, 0.25) is 0 Å². The summed E-state index contributed by atoms with van der Waals surface area (Å²) >= 11 is 0. The van der Waals surface area contributed by atoms with E-state index >= 15 is 0 Å². The molecule has 0 saturated heterocycles. The summed E-state index contributed by atoms with van der Waals surface area (Å²) in [5, 5.41) is 4.09. The van der Waals surface area contributed by atoms with E-state index in [1.165, 1.54) is 5.56 Å². The van der Waals surface area contributed by atoms with Crippen molar-refractivity contribution in [1.29, 1.82) is 0 Å². The molecule has 0 aliphatic rings. The molecule has 0 fully saturated rings. The van der Waals surface area contributed by atoms with Gasteiger partial charge in [0.2, 0.25) is 0 Å². The largest absolute Gasteiger partial charge is 0.330 e. The molecule has 0 spiro atoms. The summed E-state index contributed by atoms with van der Waals surface area (Å²) in [7, 11) is 1.91. The van der Waals surface area contributed by atoms with E-state index in [-0.39, 0.29) is 30.2 Å². The van der Waals surface area contributed by atoms with Gasteiger partial charge in [-0.1, -0.05) is 13.8 Å². The molecule has 13 heavy (non-hydrogen) atoms. The molecule has 0 aromatic carbocycles. The molecule has 0 saturated carbocycles. The van der Waals surface area contributed by atoms with Crippen molar-refractivity contribution in [3.05, 3.63) is 18.0 Å². The normalized spacial score (nSPS) is 10.2. The van der Waals surface area contributed by atoms with Crippen molar-refractivity contribution in [3.63, 3.8) is 0 Å². The number of halogens is 2. The number of nitrogens with zero attached hydrogens (tertiary/aromatic N) is 2. The first-order valence-corrected chi connectivity index (χ1v) is 3.75. The third kappa shape index (κ3) is 3.55. The minimum atomic E-state index is 0. The van der Waals surface area contributed by atoms with Gasteiger partial charge in [0.15, 0.2) is 0 Å². The summed E-state index contributed by atoms with van der Waals surface area (Å²) in [5.41, 5.74) is 6.86. The highest BCUT2D eigenvalue weighted by molar-refractivity contribution is 5.85. The van der Waals surface area contributed by atoms with Crippen molar-refractivity contribution in [2.45, 2.75) is 19.3 Å². The fourth-order valence-corrected chi connectivity index (χ4v) is 0.889. The van der Waals surface area contributed by atoms with Crippen LogP contribution in [0.15, 0.2) is 12.4 Å². The highest BCUT2D eigenvalue weighted by atomic mass is 35.5. The van der Waals surface area contributed by atoms with E-state index in [9.17, 15) is 0 Å². The van der Waals surface area contributed by atoms with Crippen LogP contribution in [0.5, 0.6) is 0 Å². The van der Waals surface area contributed by atoms with E-state index in [0.717, 1.165) is 0 Å². The van der Waals surface area contributed by atoms with Crippen LogP contribution in [0.4, 0.5) is 0 Å². The van der Waals surface area contributed by atoms with Crippen molar-refractivity contribution < 1.29 is 0 Å². The Kier molecular flexibility index (Phi) is 6.41. The van der Waals surface area contributed by atoms with Crippen LogP contribution in [0.25, 0.3) is 0 Å². The Morgan fingerprint density at radius 2 is 2.00 bits per heavy atom. The Labute approximate surface area is 91.5 Å². The first kappa shape index (κ1) is 15.2. The molecule has 1 heterocycles. The summed E-state index contributed by atoms with van der Waals surface area (Å²) in [6.07, 6.45) is 3.87. The molecular formula is C8H17Cl2N3. The van der Waals surface area contributed by atoms with E-state index in [0.29, 0.717) is 6.54 Å². The smallest absolute Gasteiger partial charge is 0.0527 e. The number of hydrogen-bond donors (Lipinski definition) is 1. The van der Waals surface area contributed by atoms with Gasteiger partial charge >= 0.3 is 0 Å². The maximum atomic E-state index is 5.61. The number of hydrogen-bond acceptors (Lipinski definition) is 2. The van der Waals surface area contributed by atoms with Gasteiger partial charge in [-0.05, 0) is 5.56 Å². The fourth-order valence-electron chi connectivity index (χ4n) is 0.889. The molecule has 3 nitrogen and oxygen atoms in total. The highest BCUT2D eigenvalue weighted by Gasteiger charge is 2.19. The zero-order valence-corrected chi connectivity index (χ0v) is 9.78. The van der Waals surface area contributed by atoms with Gasteiger partial charge in [-0.15, -0.1) is 24.8 Å². The second kappa shape index (κ2) is 5.47. The third-order valence-electron chi connectivity index (χ3n) is 2.00. The maximum Gasteiger partial charge on any atom is 0.0527 e. The Hall–Kier alpha value is -0.250. The Bertz CT molecular complexity index is 245. The van der Waals surface area contributed by atoms with Gasteiger partial charge < -0.3 is 5.73 Å². The molecule has 0 aliphatic carbocycles. The van der Waals surface area contributed by atoms with Crippen molar-refractivity contribution >= 4 is 24.8 Å². The first-order valence-electron chi connectivity index (χ1n) is 3.75. The van der Waals surface area contributed by atoms with Crippen molar-refractivity contribution in [3.8, 4) is 0 Å². The summed E-state index contributed by atoms with van der Waals surface area (Å²) in [5.74, 6) is 0. The predicted molar refractivity (Wildman–Crippen MR) is 59.8 cm³/mol. The third-order valence-corrected chi connectivity index (χ3v) is 2.00. The lowest BCUT2D eigenvalue weighted by Gasteiger charge is -2.19. The quantitative estimate of drug-likeness (QED) is 0.830. The summed E-state index contributed by atoms with van der Waals surface area (Å²) < 4.78 is 1.80. The monoisotopic (exact) mass is 225 g/mol. The predicted octanol–water partition coefficient (Wildman–Crippen LogP) is 1.50. The molecule has 1 rings (SSSR count). The van der Waals surface area contributed by atoms with Crippen LogP contribution in [0.1, 0.15) is 19.4 Å². The molecule has 0 atom stereocenters. The van der Waals surface area contributed by atoms with Crippen LogP contribution < -0.4 is 5.73 Å². The number of aromatic nitrogens is 2. The second-order valence-electron chi connectivity index (χ2n) is 3.49. The average molecular weight is 226 g/mol. The Morgan fingerprint density at radius 1 is 1.46 bits per heavy atom. The minimum absolute atomic E-state index is 0. The summed E-state index contributed by atoms with van der Waals surface area (Å²) in [6, 6.07) is 0. The molecule has 0 amide bonds. The molecular weight excluding hydrogens is 209 g/mol. The van der Waals surface area contributed by atoms with Gasteiger partial charge in [0, 0.05) is 25.2 Å². The standard InChI is InChI=1S/C8H15N3.2ClH/c1-8(2,6-9)7-4-10-11(3)5-7;;/h4-5H,6,9H2,1-3H3;2*1H. The van der Waals surface area contributed by atoms with Gasteiger partial charge in [-0.25, -0.2) is 0 Å². The molecule has 78 valence electrons. The van der Waals surface area contributed by atoms with E-state index in [2.05, 4.69) is 18.9 Å². The van der Waals surface area contributed by atoms with E-state index in [1.54, 1.807) is 4.68 Å². The van der Waals surface area contributed by atoms with Crippen LogP contribution in [0.3, 0.4) is 0 Å². The van der Waals surface area contributed by atoms with Crippen molar-refractivity contribution in [2.75, 3.05) is 6.54 Å². The second-order valence-corrected chi connectivity index (χ2v) is 3.49. The van der Waals surface area contributed by atoms with Crippen molar-refractivity contribution in [1.82, 2.24) is 9.78 Å². The molecule has 2 N–H and O–H groups in total. The lowest BCUT2D eigenvalue weighted by molar-refractivity contribution is 0.538. The molecule has 1 aromatic heterocycles. The van der Waals surface area contributed by atoms with Crippen molar-refractivity contribution in [2.24, 2.45) is 12.8 Å². The molecule has 5 heteroatoms. The van der Waals surface area contributed by atoms with E-state index in [4.69, 9.17) is 5.73 Å². The van der Waals surface area contributed by atoms with E-state index in [1.807, 2.05) is 19.4 Å². The Balaban J connectivity index is 0.